The summed E-state index contributed by atoms with van der Waals surface area (Å²) in [4.78, 5) is 1.16. The second-order valence-corrected chi connectivity index (χ2v) is 3.59. The highest BCUT2D eigenvalue weighted by Gasteiger charge is 2.06. The smallest absolute Gasteiger partial charge is 0.0449 e. The van der Waals surface area contributed by atoms with Gasteiger partial charge in [-0.2, -0.15) is 0 Å². The molecule has 0 aliphatic carbocycles. The Kier molecular flexibility index (Phi) is 3.05. The third-order valence-electron chi connectivity index (χ3n) is 1.56. The molecule has 62 valence electrons. The lowest BCUT2D eigenvalue weighted by Crippen LogP contribution is -2.09. The molecule has 0 saturated carbocycles. The van der Waals surface area contributed by atoms with Crippen molar-refractivity contribution < 1.29 is 5.11 Å². The van der Waals surface area contributed by atoms with Crippen LogP contribution in [0.2, 0.25) is 0 Å². The van der Waals surface area contributed by atoms with Crippen molar-refractivity contribution in [3.05, 3.63) is 21.9 Å². The Morgan fingerprint density at radius 2 is 2.45 bits per heavy atom. The third-order valence-corrected chi connectivity index (χ3v) is 2.74. The fraction of sp³-hybridized carbons (Fsp3) is 0.500. The van der Waals surface area contributed by atoms with Gasteiger partial charge in [-0.05, 0) is 30.4 Å². The maximum absolute atomic E-state index is 8.63. The van der Waals surface area contributed by atoms with Crippen LogP contribution in [0, 0.1) is 6.92 Å². The van der Waals surface area contributed by atoms with Gasteiger partial charge in [-0.1, -0.05) is 0 Å². The highest BCUT2D eigenvalue weighted by atomic mass is 32.1. The molecule has 0 aliphatic heterocycles. The summed E-state index contributed by atoms with van der Waals surface area (Å²) in [5, 5.41) is 10.7. The van der Waals surface area contributed by atoms with E-state index in [0.29, 0.717) is 6.42 Å². The van der Waals surface area contributed by atoms with E-state index in [1.807, 2.05) is 6.92 Å². The van der Waals surface area contributed by atoms with E-state index in [2.05, 4.69) is 11.4 Å². The lowest BCUT2D eigenvalue weighted by atomic mass is 10.2. The molecule has 3 heteroatoms. The van der Waals surface area contributed by atoms with E-state index < -0.39 is 0 Å². The van der Waals surface area contributed by atoms with Crippen LogP contribution in [0.4, 0.5) is 0 Å². The first-order valence-corrected chi connectivity index (χ1v) is 4.53. The predicted molar refractivity (Wildman–Crippen MR) is 47.7 cm³/mol. The fourth-order valence-corrected chi connectivity index (χ4v) is 1.87. The van der Waals surface area contributed by atoms with E-state index in [9.17, 15) is 0 Å². The van der Waals surface area contributed by atoms with E-state index in [4.69, 9.17) is 10.8 Å². The normalized spacial score (nSPS) is 13.4. The number of nitrogens with two attached hydrogens (primary N) is 1. The monoisotopic (exact) mass is 171 g/mol. The third kappa shape index (κ3) is 2.29. The second kappa shape index (κ2) is 3.85. The van der Waals surface area contributed by atoms with E-state index in [-0.39, 0.29) is 12.6 Å². The molecule has 1 atom stereocenters. The van der Waals surface area contributed by atoms with Gasteiger partial charge in [0, 0.05) is 17.5 Å². The topological polar surface area (TPSA) is 46.2 Å². The molecule has 0 aliphatic rings. The lowest BCUT2D eigenvalue weighted by Gasteiger charge is -2.05. The Hall–Kier alpha value is -0.380. The van der Waals surface area contributed by atoms with E-state index in [1.54, 1.807) is 11.3 Å². The molecular weight excluding hydrogens is 158 g/mol. The molecule has 0 aromatic carbocycles. The summed E-state index contributed by atoms with van der Waals surface area (Å²) in [7, 11) is 0. The maximum Gasteiger partial charge on any atom is 0.0449 e. The van der Waals surface area contributed by atoms with E-state index in [0.717, 1.165) is 4.88 Å². The van der Waals surface area contributed by atoms with Crippen molar-refractivity contribution in [1.82, 2.24) is 0 Å². The van der Waals surface area contributed by atoms with Crippen LogP contribution in [-0.2, 0) is 0 Å². The summed E-state index contributed by atoms with van der Waals surface area (Å²) < 4.78 is 0. The summed E-state index contributed by atoms with van der Waals surface area (Å²) in [5.74, 6) is 0. The lowest BCUT2D eigenvalue weighted by molar-refractivity contribution is 0.277. The Morgan fingerprint density at radius 1 is 1.73 bits per heavy atom. The van der Waals surface area contributed by atoms with Crippen molar-refractivity contribution in [2.75, 3.05) is 6.61 Å². The molecule has 0 radical (unpaired) electrons. The Bertz CT molecular complexity index is 222. The Morgan fingerprint density at radius 3 is 2.91 bits per heavy atom. The minimum Gasteiger partial charge on any atom is -0.396 e. The second-order valence-electron chi connectivity index (χ2n) is 2.65. The zero-order valence-corrected chi connectivity index (χ0v) is 7.40. The molecule has 1 unspecified atom stereocenters. The standard InChI is InChI=1S/C8H13NOS/c1-6-4-8(11-5-6)7(9)2-3-10/h4-5,7,10H,2-3,9H2,1H3. The number of aliphatic hydroxyl groups excluding tert-OH is 1. The molecule has 0 saturated heterocycles. The van der Waals surface area contributed by atoms with Crippen LogP contribution < -0.4 is 5.73 Å². The SMILES string of the molecule is Cc1csc(C(N)CCO)c1. The molecule has 11 heavy (non-hydrogen) atoms. The summed E-state index contributed by atoms with van der Waals surface area (Å²) in [6.07, 6.45) is 0.653. The zero-order valence-electron chi connectivity index (χ0n) is 6.58. The number of hydrogen-bond acceptors (Lipinski definition) is 3. The van der Waals surface area contributed by atoms with Crippen LogP contribution in [0.3, 0.4) is 0 Å². The first-order chi connectivity index (χ1) is 5.24. The summed E-state index contributed by atoms with van der Waals surface area (Å²) >= 11 is 1.66. The van der Waals surface area contributed by atoms with E-state index >= 15 is 0 Å². The van der Waals surface area contributed by atoms with Crippen molar-refractivity contribution in [3.8, 4) is 0 Å². The molecule has 1 heterocycles. The fourth-order valence-electron chi connectivity index (χ4n) is 0.929. The first-order valence-electron chi connectivity index (χ1n) is 3.65. The van der Waals surface area contributed by atoms with E-state index in [1.165, 1.54) is 5.56 Å². The van der Waals surface area contributed by atoms with Gasteiger partial charge >= 0.3 is 0 Å². The summed E-state index contributed by atoms with van der Waals surface area (Å²) in [6, 6.07) is 2.09. The molecule has 3 N–H and O–H groups in total. The zero-order chi connectivity index (χ0) is 8.27. The van der Waals surface area contributed by atoms with Crippen LogP contribution in [0.15, 0.2) is 11.4 Å². The molecular formula is C8H13NOS. The molecule has 0 spiro atoms. The maximum atomic E-state index is 8.63. The summed E-state index contributed by atoms with van der Waals surface area (Å²) in [6.45, 7) is 2.21. The predicted octanol–water partition coefficient (Wildman–Crippen LogP) is 1.44. The number of hydrogen-bond donors (Lipinski definition) is 2. The van der Waals surface area contributed by atoms with Crippen molar-refractivity contribution in [2.45, 2.75) is 19.4 Å². The molecule has 1 aromatic rings. The Labute approximate surface area is 70.7 Å². The van der Waals surface area contributed by atoms with Crippen LogP contribution in [-0.4, -0.2) is 11.7 Å². The van der Waals surface area contributed by atoms with Crippen molar-refractivity contribution in [1.29, 1.82) is 0 Å². The minimum atomic E-state index is 0.0127. The van der Waals surface area contributed by atoms with Crippen molar-refractivity contribution >= 4 is 11.3 Å². The Balaban J connectivity index is 2.60. The van der Waals surface area contributed by atoms with Crippen LogP contribution in [0.25, 0.3) is 0 Å². The quantitative estimate of drug-likeness (QED) is 0.723. The van der Waals surface area contributed by atoms with Gasteiger partial charge in [0.25, 0.3) is 0 Å². The number of aliphatic hydroxyl groups is 1. The average molecular weight is 171 g/mol. The average Bonchev–Trinajstić information content (AvgIpc) is 2.36. The van der Waals surface area contributed by atoms with Gasteiger partial charge in [0.05, 0.1) is 0 Å². The first kappa shape index (κ1) is 8.71. The highest BCUT2D eigenvalue weighted by Crippen LogP contribution is 2.21. The minimum absolute atomic E-state index is 0.0127. The highest BCUT2D eigenvalue weighted by molar-refractivity contribution is 7.10. The molecule has 0 bridgehead atoms. The van der Waals surface area contributed by atoms with Crippen LogP contribution in [0.5, 0.6) is 0 Å². The van der Waals surface area contributed by atoms with Crippen molar-refractivity contribution in [2.24, 2.45) is 5.73 Å². The van der Waals surface area contributed by atoms with Gasteiger partial charge in [-0.15, -0.1) is 11.3 Å². The van der Waals surface area contributed by atoms with Gasteiger partial charge < -0.3 is 10.8 Å². The molecule has 0 amide bonds. The van der Waals surface area contributed by atoms with Gasteiger partial charge in [0.1, 0.15) is 0 Å². The van der Waals surface area contributed by atoms with Gasteiger partial charge in [-0.3, -0.25) is 0 Å². The number of aryl methyl sites for hydroxylation is 1. The van der Waals surface area contributed by atoms with Gasteiger partial charge in [0.2, 0.25) is 0 Å². The van der Waals surface area contributed by atoms with Crippen LogP contribution in [0.1, 0.15) is 22.9 Å². The number of rotatable bonds is 3. The van der Waals surface area contributed by atoms with Gasteiger partial charge in [-0.25, -0.2) is 0 Å². The van der Waals surface area contributed by atoms with Gasteiger partial charge in [0.15, 0.2) is 0 Å². The van der Waals surface area contributed by atoms with Crippen molar-refractivity contribution in [3.63, 3.8) is 0 Å². The largest absolute Gasteiger partial charge is 0.396 e. The summed E-state index contributed by atoms with van der Waals surface area (Å²) in [5.41, 5.74) is 7.02. The van der Waals surface area contributed by atoms with Crippen LogP contribution >= 0.6 is 11.3 Å². The molecule has 1 aromatic heterocycles. The number of thiophene rings is 1. The molecule has 1 rings (SSSR count). The molecule has 2 nitrogen and oxygen atoms in total. The molecule has 0 fully saturated rings.